The standard InChI is InChI=1S/C17H24OS/c1-4-5-6-7-13-17(2,18)14-12-15-8-10-16(19-3)11-9-15/h8-11,18H,4-7,13H2,1-3H3. The summed E-state index contributed by atoms with van der Waals surface area (Å²) in [7, 11) is 0. The van der Waals surface area contributed by atoms with Crippen molar-refractivity contribution in [1.82, 2.24) is 0 Å². The van der Waals surface area contributed by atoms with E-state index in [0.29, 0.717) is 0 Å². The highest BCUT2D eigenvalue weighted by Crippen LogP contribution is 2.16. The van der Waals surface area contributed by atoms with Crippen LogP contribution in [-0.4, -0.2) is 17.0 Å². The second-order valence-corrected chi connectivity index (χ2v) is 5.94. The molecule has 1 unspecified atom stereocenters. The molecule has 104 valence electrons. The van der Waals surface area contributed by atoms with Gasteiger partial charge in [-0.1, -0.05) is 38.0 Å². The monoisotopic (exact) mass is 276 g/mol. The number of benzene rings is 1. The first-order valence-electron chi connectivity index (χ1n) is 6.97. The summed E-state index contributed by atoms with van der Waals surface area (Å²) in [6.07, 6.45) is 7.48. The van der Waals surface area contributed by atoms with Gasteiger partial charge in [0.15, 0.2) is 0 Å². The summed E-state index contributed by atoms with van der Waals surface area (Å²) >= 11 is 1.72. The van der Waals surface area contributed by atoms with Gasteiger partial charge < -0.3 is 5.11 Å². The van der Waals surface area contributed by atoms with Crippen LogP contribution in [0.3, 0.4) is 0 Å². The van der Waals surface area contributed by atoms with E-state index >= 15 is 0 Å². The summed E-state index contributed by atoms with van der Waals surface area (Å²) in [6, 6.07) is 8.13. The van der Waals surface area contributed by atoms with Crippen LogP contribution in [0.25, 0.3) is 0 Å². The van der Waals surface area contributed by atoms with Gasteiger partial charge in [0.25, 0.3) is 0 Å². The molecule has 1 aromatic rings. The fraction of sp³-hybridized carbons (Fsp3) is 0.529. The molecule has 0 spiro atoms. The van der Waals surface area contributed by atoms with Gasteiger partial charge in [0.05, 0.1) is 0 Å². The van der Waals surface area contributed by atoms with Crippen molar-refractivity contribution in [2.45, 2.75) is 56.4 Å². The van der Waals surface area contributed by atoms with Gasteiger partial charge in [0.2, 0.25) is 0 Å². The second kappa shape index (κ2) is 8.30. The Labute approximate surface area is 121 Å². The molecule has 0 aliphatic heterocycles. The van der Waals surface area contributed by atoms with E-state index < -0.39 is 5.60 Å². The van der Waals surface area contributed by atoms with Gasteiger partial charge in [-0.05, 0) is 50.3 Å². The third kappa shape index (κ3) is 6.71. The van der Waals surface area contributed by atoms with E-state index in [4.69, 9.17) is 0 Å². The molecule has 19 heavy (non-hydrogen) atoms. The molecule has 0 amide bonds. The lowest BCUT2D eigenvalue weighted by atomic mass is 9.98. The average Bonchev–Trinajstić information content (AvgIpc) is 2.42. The first kappa shape index (κ1) is 16.1. The molecular weight excluding hydrogens is 252 g/mol. The lowest BCUT2D eigenvalue weighted by molar-refractivity contribution is 0.109. The number of aliphatic hydroxyl groups is 1. The van der Waals surface area contributed by atoms with Crippen LogP contribution in [0.2, 0.25) is 0 Å². The second-order valence-electron chi connectivity index (χ2n) is 5.06. The summed E-state index contributed by atoms with van der Waals surface area (Å²) in [5, 5.41) is 10.2. The number of hydrogen-bond donors (Lipinski definition) is 1. The Bertz CT molecular complexity index is 423. The Morgan fingerprint density at radius 3 is 2.42 bits per heavy atom. The Hall–Kier alpha value is -0.910. The van der Waals surface area contributed by atoms with E-state index in [2.05, 4.69) is 37.2 Å². The molecule has 1 N–H and O–H groups in total. The van der Waals surface area contributed by atoms with E-state index in [9.17, 15) is 5.11 Å². The van der Waals surface area contributed by atoms with Gasteiger partial charge in [-0.3, -0.25) is 0 Å². The van der Waals surface area contributed by atoms with Gasteiger partial charge in [0.1, 0.15) is 5.60 Å². The van der Waals surface area contributed by atoms with E-state index in [0.717, 1.165) is 18.4 Å². The molecule has 0 bridgehead atoms. The Morgan fingerprint density at radius 2 is 1.84 bits per heavy atom. The van der Waals surface area contributed by atoms with Crippen LogP contribution < -0.4 is 0 Å². The smallest absolute Gasteiger partial charge is 0.123 e. The first-order valence-corrected chi connectivity index (χ1v) is 8.19. The fourth-order valence-corrected chi connectivity index (χ4v) is 2.25. The summed E-state index contributed by atoms with van der Waals surface area (Å²) in [5.74, 6) is 6.06. The highest BCUT2D eigenvalue weighted by Gasteiger charge is 2.15. The van der Waals surface area contributed by atoms with Crippen molar-refractivity contribution in [1.29, 1.82) is 0 Å². The molecule has 0 radical (unpaired) electrons. The van der Waals surface area contributed by atoms with E-state index in [-0.39, 0.29) is 0 Å². The zero-order valence-corrected chi connectivity index (χ0v) is 13.0. The molecule has 0 saturated carbocycles. The van der Waals surface area contributed by atoms with Crippen molar-refractivity contribution in [3.63, 3.8) is 0 Å². The molecule has 2 heteroatoms. The lowest BCUT2D eigenvalue weighted by Crippen LogP contribution is -2.21. The normalized spacial score (nSPS) is 13.5. The molecule has 0 saturated heterocycles. The molecule has 0 aliphatic rings. The number of rotatable bonds is 6. The van der Waals surface area contributed by atoms with Gasteiger partial charge in [-0.25, -0.2) is 0 Å². The zero-order valence-electron chi connectivity index (χ0n) is 12.2. The summed E-state index contributed by atoms with van der Waals surface area (Å²) in [4.78, 5) is 1.23. The number of thioether (sulfide) groups is 1. The topological polar surface area (TPSA) is 20.2 Å². The maximum absolute atomic E-state index is 10.2. The van der Waals surface area contributed by atoms with Crippen molar-refractivity contribution >= 4 is 11.8 Å². The van der Waals surface area contributed by atoms with Crippen LogP contribution in [0.5, 0.6) is 0 Å². The number of unbranched alkanes of at least 4 members (excludes halogenated alkanes) is 3. The Kier molecular flexibility index (Phi) is 7.05. The largest absolute Gasteiger partial charge is 0.378 e. The first-order chi connectivity index (χ1) is 9.07. The summed E-state index contributed by atoms with van der Waals surface area (Å²) < 4.78 is 0. The SMILES string of the molecule is CCCCCCC(C)(O)C#Cc1ccc(SC)cc1. The minimum Gasteiger partial charge on any atom is -0.378 e. The zero-order chi connectivity index (χ0) is 14.1. The maximum Gasteiger partial charge on any atom is 0.123 e. The van der Waals surface area contributed by atoms with Crippen molar-refractivity contribution in [2.75, 3.05) is 6.26 Å². The molecule has 0 heterocycles. The van der Waals surface area contributed by atoms with Crippen LogP contribution in [0.15, 0.2) is 29.2 Å². The van der Waals surface area contributed by atoms with Crippen LogP contribution >= 0.6 is 11.8 Å². The van der Waals surface area contributed by atoms with Crippen molar-refractivity contribution < 1.29 is 5.11 Å². The third-order valence-corrected chi connectivity index (χ3v) is 3.83. The van der Waals surface area contributed by atoms with Crippen LogP contribution in [0.4, 0.5) is 0 Å². The van der Waals surface area contributed by atoms with Gasteiger partial charge in [0, 0.05) is 10.5 Å². The molecule has 0 fully saturated rings. The van der Waals surface area contributed by atoms with Crippen molar-refractivity contribution in [3.8, 4) is 11.8 Å². The third-order valence-electron chi connectivity index (χ3n) is 3.08. The van der Waals surface area contributed by atoms with Crippen LogP contribution in [-0.2, 0) is 0 Å². The Balaban J connectivity index is 2.53. The quantitative estimate of drug-likeness (QED) is 0.469. The van der Waals surface area contributed by atoms with Crippen molar-refractivity contribution in [3.05, 3.63) is 29.8 Å². The fourth-order valence-electron chi connectivity index (χ4n) is 1.84. The summed E-state index contributed by atoms with van der Waals surface area (Å²) in [5.41, 5.74) is 0.0953. The molecule has 1 aromatic carbocycles. The number of hydrogen-bond acceptors (Lipinski definition) is 2. The highest BCUT2D eigenvalue weighted by molar-refractivity contribution is 7.98. The highest BCUT2D eigenvalue weighted by atomic mass is 32.2. The van der Waals surface area contributed by atoms with Crippen molar-refractivity contribution in [2.24, 2.45) is 0 Å². The van der Waals surface area contributed by atoms with E-state index in [1.165, 1.54) is 24.2 Å². The maximum atomic E-state index is 10.2. The molecule has 1 rings (SSSR count). The molecular formula is C17H24OS. The van der Waals surface area contributed by atoms with Gasteiger partial charge in [-0.15, -0.1) is 11.8 Å². The predicted molar refractivity (Wildman–Crippen MR) is 84.5 cm³/mol. The Morgan fingerprint density at radius 1 is 1.16 bits per heavy atom. The minimum absolute atomic E-state index is 0.753. The molecule has 0 aromatic heterocycles. The predicted octanol–water partition coefficient (Wildman–Crippen LogP) is 4.48. The van der Waals surface area contributed by atoms with Gasteiger partial charge in [-0.2, -0.15) is 0 Å². The average molecular weight is 276 g/mol. The lowest BCUT2D eigenvalue weighted by Gasteiger charge is -2.15. The molecule has 1 atom stereocenters. The van der Waals surface area contributed by atoms with Crippen LogP contribution in [0, 0.1) is 11.8 Å². The summed E-state index contributed by atoms with van der Waals surface area (Å²) in [6.45, 7) is 4.00. The van der Waals surface area contributed by atoms with Gasteiger partial charge >= 0.3 is 0 Å². The van der Waals surface area contributed by atoms with E-state index in [1.807, 2.05) is 19.1 Å². The molecule has 1 nitrogen and oxygen atoms in total. The van der Waals surface area contributed by atoms with E-state index in [1.54, 1.807) is 11.8 Å². The minimum atomic E-state index is -0.869. The molecule has 0 aliphatic carbocycles. The van der Waals surface area contributed by atoms with Crippen LogP contribution in [0.1, 0.15) is 51.5 Å².